The van der Waals surface area contributed by atoms with Crippen LogP contribution in [-0.4, -0.2) is 173 Å². The predicted octanol–water partition coefficient (Wildman–Crippen LogP) is -5.07. The number of benzene rings is 2. The molecule has 2 aromatic carbocycles. The summed E-state index contributed by atoms with van der Waals surface area (Å²) in [5.41, 5.74) is 18.5. The summed E-state index contributed by atoms with van der Waals surface area (Å²) in [5, 5.41) is 120. The van der Waals surface area contributed by atoms with Crippen molar-refractivity contribution < 1.29 is 60.7 Å². The highest BCUT2D eigenvalue weighted by atomic mass is 35.5. The number of primary amides is 1. The molecule has 0 bridgehead atoms. The molecule has 3 rings (SSSR count). The standard InChI is InChI=1S/C37H57ClN10O12/c38-32-34(40)47-33(39)26(46-32)36(60)48-37(42)44-9-2-1-3-17-4-6-20-12-18(5-7-19(20)11-17)13-22(35(41)59)43-10-8-21(27(54)31(58)30(57)25(53)16-50)45-14-23(51)28(55)29(56)24(52)15-49/h4-7,11-12,21-25,27-31,43,45,49-58H,1-3,8-10,13-16H2,(H2,41,59)(H4,39,40,47)(H3,42,44,48,60)/t21?,22-,23-,24+,25+,27-,28+,29+,30+,31+/m0/s1. The molecule has 0 aliphatic heterocycles. The van der Waals surface area contributed by atoms with Crippen LogP contribution < -0.4 is 38.5 Å². The van der Waals surface area contributed by atoms with E-state index in [-0.39, 0.29) is 47.8 Å². The number of rotatable bonds is 25. The number of nitrogens with two attached hydrogens (primary N) is 3. The molecule has 0 radical (unpaired) electrons. The average molecular weight is 869 g/mol. The number of anilines is 2. The number of guanidine groups is 1. The van der Waals surface area contributed by atoms with Crippen molar-refractivity contribution in [3.63, 3.8) is 0 Å². The normalized spacial score (nSPS) is 16.8. The lowest BCUT2D eigenvalue weighted by Crippen LogP contribution is -2.57. The predicted molar refractivity (Wildman–Crippen MR) is 219 cm³/mol. The van der Waals surface area contributed by atoms with Gasteiger partial charge in [0.25, 0.3) is 5.91 Å². The second-order valence-electron chi connectivity index (χ2n) is 14.3. The number of aliphatic hydroxyl groups is 10. The molecule has 1 aromatic heterocycles. The topological polar surface area (TPSA) is 412 Å². The number of unbranched alkanes of at least 4 members (excludes halogenated alkanes) is 1. The number of nitrogens with zero attached hydrogens (tertiary/aromatic N) is 2. The molecule has 60 heavy (non-hydrogen) atoms. The third-order valence-electron chi connectivity index (χ3n) is 9.76. The van der Waals surface area contributed by atoms with Gasteiger partial charge in [-0.3, -0.25) is 20.3 Å². The van der Waals surface area contributed by atoms with Crippen LogP contribution in [0.3, 0.4) is 0 Å². The molecule has 334 valence electrons. The van der Waals surface area contributed by atoms with Gasteiger partial charge >= 0.3 is 0 Å². The van der Waals surface area contributed by atoms with E-state index in [0.717, 1.165) is 34.7 Å². The van der Waals surface area contributed by atoms with Gasteiger partial charge in [0.1, 0.15) is 36.6 Å². The van der Waals surface area contributed by atoms with E-state index in [1.165, 1.54) is 0 Å². The minimum atomic E-state index is -2.00. The summed E-state index contributed by atoms with van der Waals surface area (Å²) in [6, 6.07) is 9.53. The maximum atomic E-state index is 12.5. The Balaban J connectivity index is 1.55. The third-order valence-corrected chi connectivity index (χ3v) is 10.0. The number of aromatic nitrogens is 2. The second kappa shape index (κ2) is 24.1. The zero-order chi connectivity index (χ0) is 44.7. The van der Waals surface area contributed by atoms with Crippen LogP contribution in [0.15, 0.2) is 36.4 Å². The van der Waals surface area contributed by atoms with Crippen LogP contribution in [0.5, 0.6) is 0 Å². The van der Waals surface area contributed by atoms with Crippen LogP contribution >= 0.6 is 11.6 Å². The van der Waals surface area contributed by atoms with E-state index < -0.39 is 92.5 Å². The van der Waals surface area contributed by atoms with Crippen LogP contribution in [0.25, 0.3) is 10.8 Å². The SMILES string of the molecule is N=C(NCCCCc1ccc2cc(C[C@H](NCCC(NC[C@H](O)[C@@H](O)[C@H](O)[C@H](O)CO)[C@H](O)[C@@H](O)[C@H](O)[C@H](O)CO)C(N)=O)ccc2c1)NC(=O)c1nc(Cl)c(N)nc1N. The van der Waals surface area contributed by atoms with Gasteiger partial charge in [-0.2, -0.15) is 0 Å². The molecule has 0 spiro atoms. The molecule has 0 saturated carbocycles. The van der Waals surface area contributed by atoms with Crippen molar-refractivity contribution in [3.8, 4) is 0 Å². The summed E-state index contributed by atoms with van der Waals surface area (Å²) in [6.45, 7) is -1.97. The molecule has 23 heteroatoms. The molecule has 2 amide bonds. The molecule has 0 aliphatic carbocycles. The zero-order valence-electron chi connectivity index (χ0n) is 32.6. The number of hydrogen-bond acceptors (Lipinski definition) is 19. The smallest absolute Gasteiger partial charge is 0.280 e. The molecule has 3 aromatic rings. The lowest BCUT2D eigenvalue weighted by molar-refractivity contribution is -0.126. The highest BCUT2D eigenvalue weighted by Gasteiger charge is 2.36. The van der Waals surface area contributed by atoms with Crippen LogP contribution in [0.1, 0.15) is 40.9 Å². The molecule has 0 fully saturated rings. The lowest BCUT2D eigenvalue weighted by atomic mass is 9.95. The molecule has 0 saturated heterocycles. The Labute approximate surface area is 349 Å². The zero-order valence-corrected chi connectivity index (χ0v) is 33.4. The fourth-order valence-electron chi connectivity index (χ4n) is 6.17. The van der Waals surface area contributed by atoms with E-state index >= 15 is 0 Å². The summed E-state index contributed by atoms with van der Waals surface area (Å²) in [5.74, 6) is -2.04. The van der Waals surface area contributed by atoms with Gasteiger partial charge < -0.3 is 84.2 Å². The highest BCUT2D eigenvalue weighted by molar-refractivity contribution is 6.31. The van der Waals surface area contributed by atoms with Gasteiger partial charge in [-0.1, -0.05) is 48.0 Å². The first-order chi connectivity index (χ1) is 28.4. The fourth-order valence-corrected chi connectivity index (χ4v) is 6.29. The Morgan fingerprint density at radius 3 is 1.93 bits per heavy atom. The van der Waals surface area contributed by atoms with Crippen molar-refractivity contribution in [2.24, 2.45) is 5.73 Å². The Morgan fingerprint density at radius 2 is 1.32 bits per heavy atom. The van der Waals surface area contributed by atoms with Crippen LogP contribution in [-0.2, 0) is 17.6 Å². The van der Waals surface area contributed by atoms with Crippen LogP contribution in [0.2, 0.25) is 5.15 Å². The Kier molecular flexibility index (Phi) is 20.1. The first kappa shape index (κ1) is 50.0. The molecule has 10 atom stereocenters. The number of amides is 2. The largest absolute Gasteiger partial charge is 0.394 e. The quantitative estimate of drug-likeness (QED) is 0.0215. The number of halogens is 1. The van der Waals surface area contributed by atoms with E-state index in [2.05, 4.69) is 31.2 Å². The van der Waals surface area contributed by atoms with E-state index in [1.54, 1.807) is 0 Å². The summed E-state index contributed by atoms with van der Waals surface area (Å²) >= 11 is 5.82. The first-order valence-electron chi connectivity index (χ1n) is 19.0. The molecule has 1 unspecified atom stereocenters. The Morgan fingerprint density at radius 1 is 0.733 bits per heavy atom. The van der Waals surface area contributed by atoms with Crippen molar-refractivity contribution in [1.82, 2.24) is 31.2 Å². The summed E-state index contributed by atoms with van der Waals surface area (Å²) in [6.07, 6.45) is -12.7. The average Bonchev–Trinajstić information content (AvgIpc) is 3.23. The summed E-state index contributed by atoms with van der Waals surface area (Å²) in [4.78, 5) is 32.4. The van der Waals surface area contributed by atoms with Crippen molar-refractivity contribution in [2.75, 3.05) is 44.3 Å². The number of nitrogen functional groups attached to an aromatic ring is 2. The number of hydrogen-bond donors (Lipinski definition) is 18. The molecule has 1 heterocycles. The highest BCUT2D eigenvalue weighted by Crippen LogP contribution is 2.21. The Hall–Kier alpha value is -4.40. The van der Waals surface area contributed by atoms with Crippen LogP contribution in [0, 0.1) is 5.41 Å². The molecule has 21 N–H and O–H groups in total. The Bertz CT molecular complexity index is 1870. The summed E-state index contributed by atoms with van der Waals surface area (Å²) in [7, 11) is 0. The van der Waals surface area contributed by atoms with E-state index in [1.807, 2.05) is 36.4 Å². The maximum Gasteiger partial charge on any atom is 0.280 e. The summed E-state index contributed by atoms with van der Waals surface area (Å²) < 4.78 is 0. The van der Waals surface area contributed by atoms with E-state index in [4.69, 9.17) is 39.3 Å². The fraction of sp³-hybridized carbons (Fsp3) is 0.541. The van der Waals surface area contributed by atoms with Gasteiger partial charge in [-0.25, -0.2) is 9.97 Å². The number of carbonyl (C=O) groups is 2. The van der Waals surface area contributed by atoms with E-state index in [9.17, 15) is 55.5 Å². The van der Waals surface area contributed by atoms with E-state index in [0.29, 0.717) is 13.0 Å². The minimum absolute atomic E-state index is 0.0241. The second-order valence-corrected chi connectivity index (χ2v) is 14.7. The molecular weight excluding hydrogens is 812 g/mol. The first-order valence-corrected chi connectivity index (χ1v) is 19.4. The molecular formula is C37H57ClN10O12. The van der Waals surface area contributed by atoms with Gasteiger partial charge in [0.2, 0.25) is 5.91 Å². The minimum Gasteiger partial charge on any atom is -0.394 e. The molecule has 0 aliphatic rings. The van der Waals surface area contributed by atoms with Gasteiger partial charge in [0.05, 0.1) is 31.5 Å². The monoisotopic (exact) mass is 868 g/mol. The van der Waals surface area contributed by atoms with Gasteiger partial charge in [0.15, 0.2) is 28.4 Å². The number of aliphatic hydroxyl groups excluding tert-OH is 10. The maximum absolute atomic E-state index is 12.5. The number of carbonyl (C=O) groups excluding carboxylic acids is 2. The lowest BCUT2D eigenvalue weighted by Gasteiger charge is -2.33. The van der Waals surface area contributed by atoms with Crippen molar-refractivity contribution in [1.29, 1.82) is 5.41 Å². The number of aryl methyl sites for hydroxylation is 1. The van der Waals surface area contributed by atoms with Crippen molar-refractivity contribution >= 4 is 51.8 Å². The van der Waals surface area contributed by atoms with Gasteiger partial charge in [0, 0.05) is 19.1 Å². The number of nitrogens with one attached hydrogen (secondary N) is 5. The van der Waals surface area contributed by atoms with Crippen LogP contribution in [0.4, 0.5) is 11.6 Å². The van der Waals surface area contributed by atoms with Crippen molar-refractivity contribution in [3.05, 3.63) is 58.4 Å². The van der Waals surface area contributed by atoms with Gasteiger partial charge in [-0.05, 0) is 60.5 Å². The van der Waals surface area contributed by atoms with Crippen molar-refractivity contribution in [2.45, 2.75) is 93.0 Å². The third kappa shape index (κ3) is 14.7. The van der Waals surface area contributed by atoms with Gasteiger partial charge in [-0.15, -0.1) is 0 Å². The number of fused-ring (bicyclic) bond motifs is 1. The molecule has 22 nitrogen and oxygen atoms in total.